The van der Waals surface area contributed by atoms with Crippen LogP contribution < -0.4 is 10.6 Å². The molecule has 0 bridgehead atoms. The molecule has 0 spiro atoms. The summed E-state index contributed by atoms with van der Waals surface area (Å²) in [6, 6.07) is 12.6. The molecule has 7 nitrogen and oxygen atoms in total. The molecule has 2 aromatic carbocycles. The van der Waals surface area contributed by atoms with Crippen molar-refractivity contribution >= 4 is 39.9 Å². The largest absolute Gasteiger partial charge is 0.357 e. The summed E-state index contributed by atoms with van der Waals surface area (Å²) in [6.45, 7) is 0. The summed E-state index contributed by atoms with van der Waals surface area (Å²) < 4.78 is 0. The third kappa shape index (κ3) is 6.83. The topological polar surface area (TPSA) is 101 Å². The summed E-state index contributed by atoms with van der Waals surface area (Å²) in [5, 5.41) is 10.9. The number of rotatable bonds is 11. The molecule has 0 aliphatic rings. The maximum absolute atomic E-state index is 12.4. The van der Waals surface area contributed by atoms with Crippen molar-refractivity contribution < 1.29 is 9.59 Å². The lowest BCUT2D eigenvalue weighted by atomic mass is 10.0. The first-order valence-corrected chi connectivity index (χ1v) is 11.4. The number of nitrogens with zero attached hydrogens (tertiary/aromatic N) is 2. The van der Waals surface area contributed by atoms with E-state index in [2.05, 4.69) is 20.8 Å². The summed E-state index contributed by atoms with van der Waals surface area (Å²) in [5.74, 6) is -0.401. The van der Waals surface area contributed by atoms with Gasteiger partial charge in [0.2, 0.25) is 11.8 Å². The lowest BCUT2D eigenvalue weighted by Crippen LogP contribution is -2.30. The summed E-state index contributed by atoms with van der Waals surface area (Å²) in [4.78, 5) is 38.9. The second-order valence-electron chi connectivity index (χ2n) is 7.87. The maximum atomic E-state index is 12.4. The summed E-state index contributed by atoms with van der Waals surface area (Å²) in [5.41, 5.74) is 2.66. The van der Waals surface area contributed by atoms with Gasteiger partial charge in [-0.2, -0.15) is 0 Å². The Morgan fingerprint density at radius 3 is 2.67 bits per heavy atom. The zero-order valence-electron chi connectivity index (χ0n) is 18.5. The highest BCUT2D eigenvalue weighted by molar-refractivity contribution is 6.31. The van der Waals surface area contributed by atoms with Crippen molar-refractivity contribution in [3.63, 3.8) is 0 Å². The summed E-state index contributed by atoms with van der Waals surface area (Å²) in [6.07, 6.45) is 7.56. The van der Waals surface area contributed by atoms with Gasteiger partial charge >= 0.3 is 0 Å². The van der Waals surface area contributed by atoms with Crippen LogP contribution in [0.5, 0.6) is 0 Å². The number of likely N-dealkylation sites (N-methyl/N-ethyl adjacent to an activating group) is 1. The number of hydrogen-bond acceptors (Lipinski definition) is 5. The SMILES string of the molecule is CNC(=O)C(CCCCCCC(=O)Nc1cccc(-c2cncc3cc(Cl)ccc23)c1)N=O. The Morgan fingerprint density at radius 1 is 1.06 bits per heavy atom. The van der Waals surface area contributed by atoms with Crippen molar-refractivity contribution in [2.45, 2.75) is 44.6 Å². The molecule has 1 aromatic heterocycles. The van der Waals surface area contributed by atoms with Gasteiger partial charge < -0.3 is 10.6 Å². The van der Waals surface area contributed by atoms with Crippen LogP contribution in [0.2, 0.25) is 5.02 Å². The molecule has 0 aliphatic carbocycles. The predicted molar refractivity (Wildman–Crippen MR) is 132 cm³/mol. The molecule has 1 atom stereocenters. The van der Waals surface area contributed by atoms with E-state index in [1.54, 1.807) is 6.20 Å². The fraction of sp³-hybridized carbons (Fsp3) is 0.320. The standard InChI is InChI=1S/C25H27ClN4O3/c1-27-25(32)23(30-33)9-4-2-3-5-10-24(31)29-20-8-6-7-17(14-20)22-16-28-15-18-13-19(26)11-12-21(18)22/h6-8,11-16,23H,2-5,9-10H2,1H3,(H,27,32)(H,29,31). The lowest BCUT2D eigenvalue weighted by Gasteiger charge is -2.10. The molecule has 0 fully saturated rings. The highest BCUT2D eigenvalue weighted by Crippen LogP contribution is 2.30. The summed E-state index contributed by atoms with van der Waals surface area (Å²) in [7, 11) is 1.49. The van der Waals surface area contributed by atoms with Gasteiger partial charge in [0, 0.05) is 47.5 Å². The minimum atomic E-state index is -0.834. The number of nitrogens with one attached hydrogen (secondary N) is 2. The van der Waals surface area contributed by atoms with Crippen molar-refractivity contribution in [3.05, 3.63) is 64.8 Å². The van der Waals surface area contributed by atoms with Crippen molar-refractivity contribution in [2.75, 3.05) is 12.4 Å². The Balaban J connectivity index is 1.50. The molecule has 3 rings (SSSR count). The number of hydrogen-bond donors (Lipinski definition) is 2. The van der Waals surface area contributed by atoms with Gasteiger partial charge in [-0.25, -0.2) is 0 Å². The zero-order chi connectivity index (χ0) is 23.6. The molecule has 2 N–H and O–H groups in total. The van der Waals surface area contributed by atoms with Gasteiger partial charge in [-0.05, 0) is 48.1 Å². The van der Waals surface area contributed by atoms with E-state index in [4.69, 9.17) is 11.6 Å². The number of carbonyl (C=O) groups excluding carboxylic acids is 2. The van der Waals surface area contributed by atoms with E-state index in [0.717, 1.165) is 53.3 Å². The number of nitroso groups, excluding NO2 is 1. The highest BCUT2D eigenvalue weighted by atomic mass is 35.5. The molecule has 1 unspecified atom stereocenters. The van der Waals surface area contributed by atoms with E-state index in [-0.39, 0.29) is 11.8 Å². The Hall–Kier alpha value is -3.32. The molecular formula is C25H27ClN4O3. The van der Waals surface area contributed by atoms with Crippen LogP contribution in [-0.4, -0.2) is 29.9 Å². The quantitative estimate of drug-likeness (QED) is 0.279. The average molecular weight is 467 g/mol. The Morgan fingerprint density at radius 2 is 1.88 bits per heavy atom. The van der Waals surface area contributed by atoms with Crippen molar-refractivity contribution in [1.82, 2.24) is 10.3 Å². The first kappa shape index (κ1) is 24.3. The molecule has 2 amide bonds. The fourth-order valence-corrected chi connectivity index (χ4v) is 3.92. The lowest BCUT2D eigenvalue weighted by molar-refractivity contribution is -0.122. The molecule has 0 radical (unpaired) electrons. The Labute approximate surface area is 197 Å². The van der Waals surface area contributed by atoms with Gasteiger partial charge in [-0.3, -0.25) is 14.6 Å². The van der Waals surface area contributed by atoms with Crippen LogP contribution in [0.25, 0.3) is 21.9 Å². The van der Waals surface area contributed by atoms with Crippen LogP contribution in [0.1, 0.15) is 38.5 Å². The van der Waals surface area contributed by atoms with Gasteiger partial charge in [-0.15, -0.1) is 4.91 Å². The van der Waals surface area contributed by atoms with Crippen LogP contribution in [0.3, 0.4) is 0 Å². The van der Waals surface area contributed by atoms with Crippen LogP contribution in [0, 0.1) is 4.91 Å². The average Bonchev–Trinajstić information content (AvgIpc) is 2.82. The Bertz CT molecular complexity index is 1140. The van der Waals surface area contributed by atoms with E-state index in [1.165, 1.54) is 7.05 Å². The molecule has 172 valence electrons. The molecule has 1 heterocycles. The molecular weight excluding hydrogens is 440 g/mol. The molecule has 0 aliphatic heterocycles. The highest BCUT2D eigenvalue weighted by Gasteiger charge is 2.16. The fourth-order valence-electron chi connectivity index (χ4n) is 3.74. The van der Waals surface area contributed by atoms with Crippen molar-refractivity contribution in [1.29, 1.82) is 0 Å². The first-order valence-electron chi connectivity index (χ1n) is 11.0. The second-order valence-corrected chi connectivity index (χ2v) is 8.31. The van der Waals surface area contributed by atoms with Gasteiger partial charge in [0.15, 0.2) is 6.04 Å². The minimum Gasteiger partial charge on any atom is -0.357 e. The number of carbonyl (C=O) groups is 2. The first-order chi connectivity index (χ1) is 16.0. The number of amides is 2. The Kier molecular flexibility index (Phi) is 8.89. The molecule has 0 saturated carbocycles. The third-order valence-corrected chi connectivity index (χ3v) is 5.72. The zero-order valence-corrected chi connectivity index (χ0v) is 19.3. The molecule has 0 saturated heterocycles. The van der Waals surface area contributed by atoms with Gasteiger partial charge in [-0.1, -0.05) is 54.2 Å². The maximum Gasteiger partial charge on any atom is 0.248 e. The molecule has 8 heteroatoms. The van der Waals surface area contributed by atoms with E-state index in [1.807, 2.05) is 48.7 Å². The number of benzene rings is 2. The second kappa shape index (κ2) is 12.1. The number of anilines is 1. The normalized spacial score (nSPS) is 11.7. The molecule has 3 aromatic rings. The number of aromatic nitrogens is 1. The smallest absolute Gasteiger partial charge is 0.248 e. The molecule has 33 heavy (non-hydrogen) atoms. The number of halogens is 1. The van der Waals surface area contributed by atoms with Gasteiger partial charge in [0.05, 0.1) is 0 Å². The predicted octanol–water partition coefficient (Wildman–Crippen LogP) is 5.72. The van der Waals surface area contributed by atoms with Crippen LogP contribution in [0.4, 0.5) is 5.69 Å². The van der Waals surface area contributed by atoms with E-state index in [9.17, 15) is 14.5 Å². The van der Waals surface area contributed by atoms with Crippen LogP contribution >= 0.6 is 11.6 Å². The van der Waals surface area contributed by atoms with Crippen LogP contribution in [-0.2, 0) is 9.59 Å². The van der Waals surface area contributed by atoms with Crippen LogP contribution in [0.15, 0.2) is 60.0 Å². The third-order valence-electron chi connectivity index (χ3n) is 5.49. The van der Waals surface area contributed by atoms with E-state index >= 15 is 0 Å². The number of fused-ring (bicyclic) bond motifs is 1. The van der Waals surface area contributed by atoms with Gasteiger partial charge in [0.1, 0.15) is 0 Å². The van der Waals surface area contributed by atoms with Gasteiger partial charge in [0.25, 0.3) is 0 Å². The number of unbranched alkanes of at least 4 members (excludes halogenated alkanes) is 3. The summed E-state index contributed by atoms with van der Waals surface area (Å²) >= 11 is 6.10. The van der Waals surface area contributed by atoms with E-state index in [0.29, 0.717) is 17.9 Å². The van der Waals surface area contributed by atoms with E-state index < -0.39 is 6.04 Å². The minimum absolute atomic E-state index is 0.0484. The number of pyridine rings is 1. The van der Waals surface area contributed by atoms with Crippen molar-refractivity contribution in [2.24, 2.45) is 5.18 Å². The van der Waals surface area contributed by atoms with Crippen molar-refractivity contribution in [3.8, 4) is 11.1 Å². The monoisotopic (exact) mass is 466 g/mol.